The van der Waals surface area contributed by atoms with Gasteiger partial charge in [-0.25, -0.2) is 0 Å². The van der Waals surface area contributed by atoms with Crippen LogP contribution in [-0.2, 0) is 4.74 Å². The van der Waals surface area contributed by atoms with E-state index in [4.69, 9.17) is 4.74 Å². The monoisotopic (exact) mass is 152 g/mol. The van der Waals surface area contributed by atoms with Crippen LogP contribution in [0, 0.1) is 0 Å². The largest absolute Gasteiger partial charge is 0.387 e. The number of hydrogen-bond donors (Lipinski definition) is 1. The first-order chi connectivity index (χ1) is 5.12. The molecule has 1 N–H and O–H groups in total. The lowest BCUT2D eigenvalue weighted by Crippen LogP contribution is -2.33. The molecular weight excluding hydrogens is 138 g/mol. The molecule has 2 rings (SSSR count). The van der Waals surface area contributed by atoms with Gasteiger partial charge in [-0.05, 0) is 18.7 Å². The highest BCUT2D eigenvalue weighted by Crippen LogP contribution is 2.46. The second-order valence-electron chi connectivity index (χ2n) is 4.19. The van der Waals surface area contributed by atoms with Crippen LogP contribution in [0.4, 0.5) is 0 Å². The first kappa shape index (κ1) is 7.69. The summed E-state index contributed by atoms with van der Waals surface area (Å²) in [4.78, 5) is 0. The van der Waals surface area contributed by atoms with Crippen molar-refractivity contribution < 1.29 is 9.84 Å². The molecule has 0 unspecified atom stereocenters. The molecule has 0 radical (unpaired) electrons. The van der Waals surface area contributed by atoms with Crippen molar-refractivity contribution in [2.24, 2.45) is 0 Å². The lowest BCUT2D eigenvalue weighted by Gasteiger charge is -2.21. The maximum Gasteiger partial charge on any atom is 0.139 e. The van der Waals surface area contributed by atoms with E-state index in [0.717, 1.165) is 19.3 Å². The Kier molecular flexibility index (Phi) is 1.58. The summed E-state index contributed by atoms with van der Waals surface area (Å²) >= 11 is 0. The zero-order valence-electron chi connectivity index (χ0n) is 7.21. The van der Waals surface area contributed by atoms with Gasteiger partial charge in [0, 0.05) is 6.00 Å². The van der Waals surface area contributed by atoms with Crippen molar-refractivity contribution in [2.45, 2.75) is 42.8 Å². The van der Waals surface area contributed by atoms with E-state index in [2.05, 4.69) is 7.85 Å². The number of aliphatic hydroxyl groups is 1. The molecule has 2 aliphatic rings. The van der Waals surface area contributed by atoms with Gasteiger partial charge in [-0.3, -0.25) is 0 Å². The highest BCUT2D eigenvalue weighted by Gasteiger charge is 2.51. The molecule has 1 saturated carbocycles. The highest BCUT2D eigenvalue weighted by atomic mass is 16.5. The molecule has 0 aromatic rings. The van der Waals surface area contributed by atoms with E-state index in [1.165, 1.54) is 0 Å². The average Bonchev–Trinajstić information content (AvgIpc) is 2.32. The summed E-state index contributed by atoms with van der Waals surface area (Å²) in [5.41, 5.74) is -0.473. The summed E-state index contributed by atoms with van der Waals surface area (Å²) in [5, 5.41) is 10.0. The number of rotatable bonds is 0. The maximum absolute atomic E-state index is 10.0. The fourth-order valence-corrected chi connectivity index (χ4v) is 2.58. The average molecular weight is 152 g/mol. The Balaban J connectivity index is 2.18. The molecule has 0 amide bonds. The smallest absolute Gasteiger partial charge is 0.139 e. The fraction of sp³-hybridized carbons (Fsp3) is 1.00. The molecule has 1 heterocycles. The van der Waals surface area contributed by atoms with Crippen molar-refractivity contribution in [2.75, 3.05) is 0 Å². The Morgan fingerprint density at radius 2 is 2.18 bits per heavy atom. The molecule has 60 valence electrons. The lowest BCUT2D eigenvalue weighted by molar-refractivity contribution is -0.0168. The predicted molar refractivity (Wildman–Crippen MR) is 48.3 cm³/mol. The van der Waals surface area contributed by atoms with Crippen LogP contribution < -0.4 is 0 Å². The third kappa shape index (κ3) is 1.04. The van der Waals surface area contributed by atoms with Gasteiger partial charge >= 0.3 is 0 Å². The molecule has 2 fully saturated rings. The first-order valence-electron chi connectivity index (χ1n) is 4.50. The molecule has 1 aliphatic heterocycles. The van der Waals surface area contributed by atoms with Crippen LogP contribution in [0.5, 0.6) is 0 Å². The normalized spacial score (nSPS) is 56.3. The molecule has 0 bridgehead atoms. The Morgan fingerprint density at radius 1 is 1.45 bits per heavy atom. The quantitative estimate of drug-likeness (QED) is 0.436. The van der Waals surface area contributed by atoms with E-state index in [1.807, 2.05) is 7.85 Å². The third-order valence-electron chi connectivity index (χ3n) is 3.10. The summed E-state index contributed by atoms with van der Waals surface area (Å²) in [5.74, 6) is 0.546. The molecule has 4 heteroatoms. The van der Waals surface area contributed by atoms with E-state index in [-0.39, 0.29) is 12.1 Å². The van der Waals surface area contributed by atoms with Crippen LogP contribution in [0.3, 0.4) is 0 Å². The topological polar surface area (TPSA) is 29.5 Å². The lowest BCUT2D eigenvalue weighted by atomic mass is 9.82. The summed E-state index contributed by atoms with van der Waals surface area (Å²) in [6.45, 7) is 0. The van der Waals surface area contributed by atoms with Gasteiger partial charge in [-0.2, -0.15) is 0 Å². The third-order valence-corrected chi connectivity index (χ3v) is 3.10. The summed E-state index contributed by atoms with van der Waals surface area (Å²) in [6, 6.07) is 0.257. The summed E-state index contributed by atoms with van der Waals surface area (Å²) in [6.07, 6.45) is 3.01. The van der Waals surface area contributed by atoms with Crippen LogP contribution in [0.2, 0.25) is 5.82 Å². The fourth-order valence-electron chi connectivity index (χ4n) is 2.58. The second-order valence-corrected chi connectivity index (χ2v) is 4.19. The van der Waals surface area contributed by atoms with Crippen LogP contribution >= 0.6 is 0 Å². The van der Waals surface area contributed by atoms with Gasteiger partial charge in [-0.1, -0.05) is 6.42 Å². The van der Waals surface area contributed by atoms with Crippen LogP contribution in [0.25, 0.3) is 0 Å². The van der Waals surface area contributed by atoms with E-state index >= 15 is 0 Å². The van der Waals surface area contributed by atoms with Gasteiger partial charge in [0.2, 0.25) is 0 Å². The van der Waals surface area contributed by atoms with Gasteiger partial charge in [0.1, 0.15) is 15.7 Å². The molecule has 1 saturated heterocycles. The first-order valence-corrected chi connectivity index (χ1v) is 4.50. The van der Waals surface area contributed by atoms with Gasteiger partial charge in [0.05, 0.1) is 11.7 Å². The Morgan fingerprint density at radius 3 is 2.82 bits per heavy atom. The van der Waals surface area contributed by atoms with E-state index in [9.17, 15) is 5.11 Å². The Bertz CT molecular complexity index is 176. The number of fused-ring (bicyclic) bond motifs is 1. The molecule has 0 aromatic heterocycles. The SMILES string of the molecule is B[C@@H]1CC[C@]2(O)C[C@H](B)O[C@H]12. The molecule has 1 aliphatic carbocycles. The van der Waals surface area contributed by atoms with Crippen LogP contribution in [0.15, 0.2) is 0 Å². The van der Waals surface area contributed by atoms with E-state index < -0.39 is 5.60 Å². The highest BCUT2D eigenvalue weighted by molar-refractivity contribution is 6.13. The second kappa shape index (κ2) is 2.27. The summed E-state index contributed by atoms with van der Waals surface area (Å²) < 4.78 is 5.65. The van der Waals surface area contributed by atoms with Crippen molar-refractivity contribution >= 4 is 15.7 Å². The molecular formula is C7H14B2O2. The molecule has 11 heavy (non-hydrogen) atoms. The zero-order chi connectivity index (χ0) is 8.06. The van der Waals surface area contributed by atoms with Crippen molar-refractivity contribution in [3.63, 3.8) is 0 Å². The molecule has 0 aromatic carbocycles. The van der Waals surface area contributed by atoms with Crippen LogP contribution in [-0.4, -0.2) is 38.5 Å². The minimum atomic E-state index is -0.473. The Hall–Kier alpha value is 0.0499. The van der Waals surface area contributed by atoms with Crippen molar-refractivity contribution in [1.82, 2.24) is 0 Å². The number of hydrogen-bond acceptors (Lipinski definition) is 2. The van der Waals surface area contributed by atoms with Gasteiger partial charge in [0.25, 0.3) is 0 Å². The summed E-state index contributed by atoms with van der Waals surface area (Å²) in [7, 11) is 4.21. The molecule has 2 nitrogen and oxygen atoms in total. The van der Waals surface area contributed by atoms with Gasteiger partial charge < -0.3 is 9.84 Å². The van der Waals surface area contributed by atoms with Crippen molar-refractivity contribution in [3.05, 3.63) is 0 Å². The molecule has 0 spiro atoms. The number of ether oxygens (including phenoxy) is 1. The Labute approximate surface area is 69.1 Å². The van der Waals surface area contributed by atoms with E-state index in [0.29, 0.717) is 5.82 Å². The molecule has 4 atom stereocenters. The van der Waals surface area contributed by atoms with Crippen LogP contribution in [0.1, 0.15) is 19.3 Å². The zero-order valence-corrected chi connectivity index (χ0v) is 7.21. The minimum Gasteiger partial charge on any atom is -0.387 e. The van der Waals surface area contributed by atoms with Gasteiger partial charge in [0.15, 0.2) is 0 Å². The standard InChI is InChI=1S/C7H14B2O2/c8-4-1-2-7(10)3-5(9)11-6(4)7/h4-6,10H,1-3,8-9H2/t4-,5-,6-,7+/m1/s1. The van der Waals surface area contributed by atoms with E-state index in [1.54, 1.807) is 0 Å². The van der Waals surface area contributed by atoms with Gasteiger partial charge in [-0.15, -0.1) is 0 Å². The van der Waals surface area contributed by atoms with Crippen molar-refractivity contribution in [1.29, 1.82) is 0 Å². The minimum absolute atomic E-state index is 0.123. The van der Waals surface area contributed by atoms with Crippen molar-refractivity contribution in [3.8, 4) is 0 Å². The maximum atomic E-state index is 10.0. The predicted octanol–water partition coefficient (Wildman–Crippen LogP) is -1.32.